The monoisotopic (exact) mass is 273 g/mol. The lowest BCUT2D eigenvalue weighted by Gasteiger charge is -2.19. The minimum Gasteiger partial charge on any atom is -0.385 e. The number of nitro groups is 1. The van der Waals surface area contributed by atoms with E-state index < -0.39 is 17.9 Å². The molecule has 1 N–H and O–H groups in total. The third-order valence-corrected chi connectivity index (χ3v) is 2.55. The molecule has 0 aliphatic carbocycles. The Labute approximate surface area is 110 Å². The minimum atomic E-state index is -2.49. The number of nitro benzene ring substituents is 1. The number of non-ortho nitro benzene ring substituents is 1. The Balaban J connectivity index is 3.01. The van der Waals surface area contributed by atoms with Crippen LogP contribution in [0, 0.1) is 10.1 Å². The van der Waals surface area contributed by atoms with Crippen molar-refractivity contribution >= 4 is 17.1 Å². The molecule has 0 saturated carbocycles. The molecule has 0 saturated heterocycles. The summed E-state index contributed by atoms with van der Waals surface area (Å²) in [5.41, 5.74) is 0.845. The number of hydrogen-bond donors (Lipinski definition) is 1. The van der Waals surface area contributed by atoms with Crippen LogP contribution in [0.15, 0.2) is 18.2 Å². The highest BCUT2D eigenvalue weighted by molar-refractivity contribution is 5.64. The van der Waals surface area contributed by atoms with Crippen LogP contribution in [0.1, 0.15) is 13.3 Å². The lowest BCUT2D eigenvalue weighted by atomic mass is 10.2. The van der Waals surface area contributed by atoms with Gasteiger partial charge in [0.15, 0.2) is 0 Å². The Morgan fingerprint density at radius 3 is 2.63 bits per heavy atom. The second-order valence-electron chi connectivity index (χ2n) is 4.19. The summed E-state index contributed by atoms with van der Waals surface area (Å²) < 4.78 is 24.7. The number of anilines is 2. The third kappa shape index (κ3) is 4.69. The Morgan fingerprint density at radius 2 is 2.11 bits per heavy atom. The minimum absolute atomic E-state index is 0.114. The number of halogens is 2. The lowest BCUT2D eigenvalue weighted by Crippen LogP contribution is -2.24. The molecular weight excluding hydrogens is 256 g/mol. The van der Waals surface area contributed by atoms with Gasteiger partial charge in [-0.25, -0.2) is 8.78 Å². The zero-order valence-corrected chi connectivity index (χ0v) is 10.9. The maximum atomic E-state index is 12.3. The fourth-order valence-corrected chi connectivity index (χ4v) is 1.60. The smallest absolute Gasteiger partial charge is 0.273 e. The fourth-order valence-electron chi connectivity index (χ4n) is 1.60. The predicted octanol–water partition coefficient (Wildman–Crippen LogP) is 3.12. The first-order valence-corrected chi connectivity index (χ1v) is 5.96. The van der Waals surface area contributed by atoms with Gasteiger partial charge in [-0.15, -0.1) is 0 Å². The molecule has 0 spiro atoms. The normalized spacial score (nSPS) is 10.6. The summed E-state index contributed by atoms with van der Waals surface area (Å²) in [4.78, 5) is 11.6. The zero-order chi connectivity index (χ0) is 14.4. The van der Waals surface area contributed by atoms with E-state index in [1.54, 1.807) is 6.07 Å². The molecule has 7 heteroatoms. The van der Waals surface area contributed by atoms with Crippen LogP contribution in [-0.2, 0) is 0 Å². The summed E-state index contributed by atoms with van der Waals surface area (Å²) in [7, 11) is 1.48. The molecule has 5 nitrogen and oxygen atoms in total. The first-order valence-electron chi connectivity index (χ1n) is 5.96. The van der Waals surface area contributed by atoms with Crippen molar-refractivity contribution in [1.82, 2.24) is 0 Å². The van der Waals surface area contributed by atoms with E-state index in [-0.39, 0.29) is 5.69 Å². The molecule has 0 radical (unpaired) electrons. The quantitative estimate of drug-likeness (QED) is 0.612. The van der Waals surface area contributed by atoms with Gasteiger partial charge in [0.1, 0.15) is 0 Å². The van der Waals surface area contributed by atoms with Gasteiger partial charge in [0, 0.05) is 37.1 Å². The molecule has 0 aromatic heterocycles. The average Bonchev–Trinajstić information content (AvgIpc) is 2.35. The van der Waals surface area contributed by atoms with E-state index in [0.717, 1.165) is 6.42 Å². The van der Waals surface area contributed by atoms with Gasteiger partial charge in [-0.3, -0.25) is 10.1 Å². The molecule has 0 aliphatic rings. The van der Waals surface area contributed by atoms with E-state index in [2.05, 4.69) is 5.32 Å². The van der Waals surface area contributed by atoms with Crippen molar-refractivity contribution in [3.8, 4) is 0 Å². The summed E-state index contributed by atoms with van der Waals surface area (Å²) in [6, 6.07) is 4.32. The van der Waals surface area contributed by atoms with E-state index in [4.69, 9.17) is 0 Å². The van der Waals surface area contributed by atoms with Gasteiger partial charge in [-0.1, -0.05) is 6.92 Å². The second-order valence-corrected chi connectivity index (χ2v) is 4.19. The van der Waals surface area contributed by atoms with E-state index >= 15 is 0 Å². The largest absolute Gasteiger partial charge is 0.385 e. The van der Waals surface area contributed by atoms with Crippen molar-refractivity contribution in [2.75, 3.05) is 30.4 Å². The average molecular weight is 273 g/mol. The molecule has 0 bridgehead atoms. The third-order valence-electron chi connectivity index (χ3n) is 2.55. The van der Waals surface area contributed by atoms with Crippen LogP contribution in [0.4, 0.5) is 25.8 Å². The van der Waals surface area contributed by atoms with E-state index in [0.29, 0.717) is 17.9 Å². The molecule has 0 heterocycles. The number of hydrogen-bond acceptors (Lipinski definition) is 4. The van der Waals surface area contributed by atoms with Crippen LogP contribution >= 0.6 is 0 Å². The van der Waals surface area contributed by atoms with Gasteiger partial charge >= 0.3 is 0 Å². The summed E-state index contributed by atoms with van der Waals surface area (Å²) in [6.07, 6.45) is -1.62. The summed E-state index contributed by atoms with van der Waals surface area (Å²) in [5, 5.41) is 13.9. The van der Waals surface area contributed by atoms with E-state index in [9.17, 15) is 18.9 Å². The van der Waals surface area contributed by atoms with Crippen LogP contribution in [0.5, 0.6) is 0 Å². The van der Waals surface area contributed by atoms with Crippen LogP contribution in [0.3, 0.4) is 0 Å². The number of rotatable bonds is 7. The highest BCUT2D eigenvalue weighted by Gasteiger charge is 2.14. The van der Waals surface area contributed by atoms with Gasteiger partial charge in [0.2, 0.25) is 0 Å². The molecule has 1 rings (SSSR count). The van der Waals surface area contributed by atoms with Crippen molar-refractivity contribution in [1.29, 1.82) is 0 Å². The number of benzene rings is 1. The molecule has 0 aliphatic heterocycles. The van der Waals surface area contributed by atoms with Crippen molar-refractivity contribution in [3.05, 3.63) is 28.3 Å². The molecule has 0 fully saturated rings. The van der Waals surface area contributed by atoms with Gasteiger partial charge < -0.3 is 10.2 Å². The first kappa shape index (κ1) is 15.1. The molecule has 19 heavy (non-hydrogen) atoms. The van der Waals surface area contributed by atoms with Crippen LogP contribution < -0.4 is 10.2 Å². The molecule has 1 aromatic rings. The van der Waals surface area contributed by atoms with Crippen molar-refractivity contribution < 1.29 is 13.7 Å². The summed E-state index contributed by atoms with van der Waals surface area (Å²) in [5.74, 6) is 0. The number of nitrogens with one attached hydrogen (secondary N) is 1. The zero-order valence-electron chi connectivity index (χ0n) is 10.9. The molecule has 0 amide bonds. The van der Waals surface area contributed by atoms with E-state index in [1.807, 2.05) is 6.92 Å². The first-order chi connectivity index (χ1) is 8.93. The molecule has 0 unspecified atom stereocenters. The second kappa shape index (κ2) is 6.86. The highest BCUT2D eigenvalue weighted by Crippen LogP contribution is 2.26. The topological polar surface area (TPSA) is 58.4 Å². The van der Waals surface area contributed by atoms with Crippen molar-refractivity contribution in [3.63, 3.8) is 0 Å². The molecular formula is C12H17F2N3O2. The van der Waals surface area contributed by atoms with Gasteiger partial charge in [-0.2, -0.15) is 0 Å². The molecule has 106 valence electrons. The predicted molar refractivity (Wildman–Crippen MR) is 71.2 cm³/mol. The molecule has 0 atom stereocenters. The van der Waals surface area contributed by atoms with Crippen molar-refractivity contribution in [2.45, 2.75) is 19.8 Å². The standard InChI is InChI=1S/C12H17F2N3O2/c1-3-4-15-9-5-10(16(2)8-12(13)14)7-11(6-9)17(18)19/h5-7,12,15H,3-4,8H2,1-2H3. The SMILES string of the molecule is CCCNc1cc(N(C)CC(F)F)cc([N+](=O)[O-])c1. The summed E-state index contributed by atoms with van der Waals surface area (Å²) >= 11 is 0. The Kier molecular flexibility index (Phi) is 5.47. The van der Waals surface area contributed by atoms with Gasteiger partial charge in [0.25, 0.3) is 12.1 Å². The maximum absolute atomic E-state index is 12.3. The van der Waals surface area contributed by atoms with Crippen LogP contribution in [0.2, 0.25) is 0 Å². The van der Waals surface area contributed by atoms with Gasteiger partial charge in [-0.05, 0) is 12.5 Å². The van der Waals surface area contributed by atoms with Gasteiger partial charge in [0.05, 0.1) is 11.5 Å². The number of nitrogens with zero attached hydrogens (tertiary/aromatic N) is 2. The van der Waals surface area contributed by atoms with Crippen molar-refractivity contribution in [2.24, 2.45) is 0 Å². The highest BCUT2D eigenvalue weighted by atomic mass is 19.3. The lowest BCUT2D eigenvalue weighted by molar-refractivity contribution is -0.384. The Bertz CT molecular complexity index is 441. The van der Waals surface area contributed by atoms with Crippen LogP contribution in [0.25, 0.3) is 0 Å². The molecule has 1 aromatic carbocycles. The van der Waals surface area contributed by atoms with Crippen LogP contribution in [-0.4, -0.2) is 31.5 Å². The van der Waals surface area contributed by atoms with E-state index in [1.165, 1.54) is 24.1 Å². The Morgan fingerprint density at radius 1 is 1.42 bits per heavy atom. The maximum Gasteiger partial charge on any atom is 0.273 e. The fraction of sp³-hybridized carbons (Fsp3) is 0.500. The number of alkyl halides is 2. The Hall–Kier alpha value is -1.92. The summed E-state index contributed by atoms with van der Waals surface area (Å²) in [6.45, 7) is 2.17.